The van der Waals surface area contributed by atoms with E-state index in [0.717, 1.165) is 55.6 Å². The van der Waals surface area contributed by atoms with Crippen LogP contribution in [0, 0.1) is 29.6 Å². The summed E-state index contributed by atoms with van der Waals surface area (Å²) in [6, 6.07) is 0. The van der Waals surface area contributed by atoms with Crippen LogP contribution in [-0.4, -0.2) is 19.5 Å². The molecular formula is C15H26O2. The van der Waals surface area contributed by atoms with E-state index in [4.69, 9.17) is 9.47 Å². The summed E-state index contributed by atoms with van der Waals surface area (Å²) in [5, 5.41) is 0. The third kappa shape index (κ3) is 2.26. The van der Waals surface area contributed by atoms with E-state index in [2.05, 4.69) is 13.8 Å². The molecule has 98 valence electrons. The Bertz CT molecular complexity index is 258. The molecule has 0 amide bonds. The molecule has 3 fully saturated rings. The third-order valence-electron chi connectivity index (χ3n) is 5.70. The maximum atomic E-state index is 5.64. The molecular weight excluding hydrogens is 212 g/mol. The van der Waals surface area contributed by atoms with Crippen molar-refractivity contribution in [2.24, 2.45) is 29.6 Å². The van der Waals surface area contributed by atoms with Crippen LogP contribution in [0.1, 0.15) is 46.0 Å². The fourth-order valence-electron chi connectivity index (χ4n) is 4.48. The third-order valence-corrected chi connectivity index (χ3v) is 5.70. The van der Waals surface area contributed by atoms with Gasteiger partial charge in [-0.3, -0.25) is 0 Å². The van der Waals surface area contributed by atoms with Gasteiger partial charge in [-0.2, -0.15) is 0 Å². The molecule has 1 aliphatic heterocycles. The first-order valence-corrected chi connectivity index (χ1v) is 7.49. The fourth-order valence-corrected chi connectivity index (χ4v) is 4.48. The Morgan fingerprint density at radius 2 is 1.71 bits per heavy atom. The van der Waals surface area contributed by atoms with Crippen LogP contribution in [-0.2, 0) is 9.47 Å². The molecule has 1 heterocycles. The van der Waals surface area contributed by atoms with Crippen LogP contribution in [0.4, 0.5) is 0 Å². The standard InChI is InChI=1S/C15H26O2/c1-10-11(2)14-9-13(10)8-12(14)4-5-15-16-6-3-7-17-15/h10-15H,3-9H2,1-2H3. The first-order chi connectivity index (χ1) is 8.25. The first kappa shape index (κ1) is 12.0. The minimum absolute atomic E-state index is 0.107. The van der Waals surface area contributed by atoms with Crippen molar-refractivity contribution in [3.05, 3.63) is 0 Å². The average molecular weight is 238 g/mol. The largest absolute Gasteiger partial charge is 0.353 e. The lowest BCUT2D eigenvalue weighted by molar-refractivity contribution is -0.183. The Balaban J connectivity index is 1.47. The van der Waals surface area contributed by atoms with Crippen molar-refractivity contribution in [3.63, 3.8) is 0 Å². The van der Waals surface area contributed by atoms with E-state index in [-0.39, 0.29) is 6.29 Å². The first-order valence-electron chi connectivity index (χ1n) is 7.49. The van der Waals surface area contributed by atoms with Gasteiger partial charge in [0, 0.05) is 0 Å². The van der Waals surface area contributed by atoms with E-state index >= 15 is 0 Å². The van der Waals surface area contributed by atoms with E-state index in [1.165, 1.54) is 19.3 Å². The Labute approximate surface area is 105 Å². The summed E-state index contributed by atoms with van der Waals surface area (Å²) in [4.78, 5) is 0. The van der Waals surface area contributed by atoms with Crippen LogP contribution >= 0.6 is 0 Å². The normalized spacial score (nSPS) is 46.6. The zero-order chi connectivity index (χ0) is 11.8. The average Bonchev–Trinajstić information content (AvgIpc) is 2.89. The maximum absolute atomic E-state index is 5.64. The van der Waals surface area contributed by atoms with E-state index in [1.54, 1.807) is 0 Å². The number of rotatable bonds is 3. The lowest BCUT2D eigenvalue weighted by atomic mass is 9.74. The number of hydrogen-bond donors (Lipinski definition) is 0. The Kier molecular flexibility index (Phi) is 3.45. The van der Waals surface area contributed by atoms with Gasteiger partial charge in [-0.1, -0.05) is 13.8 Å². The van der Waals surface area contributed by atoms with Gasteiger partial charge in [0.1, 0.15) is 0 Å². The van der Waals surface area contributed by atoms with Crippen LogP contribution in [0.3, 0.4) is 0 Å². The summed E-state index contributed by atoms with van der Waals surface area (Å²) in [6.45, 7) is 6.72. The minimum Gasteiger partial charge on any atom is -0.353 e. The van der Waals surface area contributed by atoms with Gasteiger partial charge in [-0.05, 0) is 61.7 Å². The monoisotopic (exact) mass is 238 g/mol. The second kappa shape index (κ2) is 4.89. The molecule has 2 aliphatic carbocycles. The highest BCUT2D eigenvalue weighted by molar-refractivity contribution is 4.97. The van der Waals surface area contributed by atoms with Gasteiger partial charge >= 0.3 is 0 Å². The SMILES string of the molecule is CC1C2CC(CCC3OCCCO3)C(C2)C1C. The summed E-state index contributed by atoms with van der Waals surface area (Å²) >= 11 is 0. The van der Waals surface area contributed by atoms with Crippen LogP contribution in [0.5, 0.6) is 0 Å². The molecule has 0 N–H and O–H groups in total. The predicted molar refractivity (Wildman–Crippen MR) is 67.6 cm³/mol. The summed E-state index contributed by atoms with van der Waals surface area (Å²) in [5.74, 6) is 4.90. The molecule has 1 saturated heterocycles. The number of fused-ring (bicyclic) bond motifs is 2. The zero-order valence-electron chi connectivity index (χ0n) is 11.2. The van der Waals surface area contributed by atoms with E-state index in [0.29, 0.717) is 0 Å². The molecule has 5 atom stereocenters. The van der Waals surface area contributed by atoms with Crippen molar-refractivity contribution in [3.8, 4) is 0 Å². The molecule has 0 aromatic rings. The highest BCUT2D eigenvalue weighted by Crippen LogP contribution is 2.56. The molecule has 0 aromatic heterocycles. The molecule has 0 radical (unpaired) electrons. The second-order valence-corrected chi connectivity index (χ2v) is 6.48. The van der Waals surface area contributed by atoms with Gasteiger partial charge in [0.05, 0.1) is 13.2 Å². The van der Waals surface area contributed by atoms with Gasteiger partial charge < -0.3 is 9.47 Å². The van der Waals surface area contributed by atoms with Crippen molar-refractivity contribution in [2.45, 2.75) is 52.2 Å². The summed E-state index contributed by atoms with van der Waals surface area (Å²) in [5.41, 5.74) is 0. The molecule has 5 unspecified atom stereocenters. The second-order valence-electron chi connectivity index (χ2n) is 6.48. The van der Waals surface area contributed by atoms with Gasteiger partial charge in [0.25, 0.3) is 0 Å². The van der Waals surface area contributed by atoms with Crippen molar-refractivity contribution >= 4 is 0 Å². The zero-order valence-corrected chi connectivity index (χ0v) is 11.2. The van der Waals surface area contributed by atoms with Gasteiger partial charge in [0.15, 0.2) is 6.29 Å². The van der Waals surface area contributed by atoms with Crippen molar-refractivity contribution < 1.29 is 9.47 Å². The lowest BCUT2D eigenvalue weighted by Crippen LogP contribution is -2.28. The van der Waals surface area contributed by atoms with Gasteiger partial charge in [0.2, 0.25) is 0 Å². The molecule has 2 bridgehead atoms. The maximum Gasteiger partial charge on any atom is 0.157 e. The van der Waals surface area contributed by atoms with Crippen molar-refractivity contribution in [2.75, 3.05) is 13.2 Å². The topological polar surface area (TPSA) is 18.5 Å². The molecule has 3 aliphatic rings. The van der Waals surface area contributed by atoms with Crippen LogP contribution in [0.15, 0.2) is 0 Å². The Morgan fingerprint density at radius 1 is 0.941 bits per heavy atom. The highest BCUT2D eigenvalue weighted by Gasteiger charge is 2.48. The van der Waals surface area contributed by atoms with E-state index < -0.39 is 0 Å². The van der Waals surface area contributed by atoms with Crippen molar-refractivity contribution in [1.29, 1.82) is 0 Å². The molecule has 2 nitrogen and oxygen atoms in total. The summed E-state index contributed by atoms with van der Waals surface area (Å²) < 4.78 is 11.3. The highest BCUT2D eigenvalue weighted by atomic mass is 16.7. The van der Waals surface area contributed by atoms with Crippen LogP contribution < -0.4 is 0 Å². The fraction of sp³-hybridized carbons (Fsp3) is 1.00. The minimum atomic E-state index is 0.107. The van der Waals surface area contributed by atoms with Crippen LogP contribution in [0.25, 0.3) is 0 Å². The Hall–Kier alpha value is -0.0800. The number of ether oxygens (including phenoxy) is 2. The van der Waals surface area contributed by atoms with E-state index in [9.17, 15) is 0 Å². The lowest BCUT2D eigenvalue weighted by Gasteiger charge is -2.33. The molecule has 17 heavy (non-hydrogen) atoms. The number of hydrogen-bond acceptors (Lipinski definition) is 2. The van der Waals surface area contributed by atoms with Gasteiger partial charge in [-0.25, -0.2) is 0 Å². The van der Waals surface area contributed by atoms with Crippen LogP contribution in [0.2, 0.25) is 0 Å². The Morgan fingerprint density at radius 3 is 2.35 bits per heavy atom. The molecule has 2 heteroatoms. The van der Waals surface area contributed by atoms with E-state index in [1.807, 2.05) is 0 Å². The molecule has 3 rings (SSSR count). The van der Waals surface area contributed by atoms with Crippen molar-refractivity contribution in [1.82, 2.24) is 0 Å². The smallest absolute Gasteiger partial charge is 0.157 e. The predicted octanol–water partition coefficient (Wildman–Crippen LogP) is 3.46. The summed E-state index contributed by atoms with van der Waals surface area (Å²) in [6.07, 6.45) is 6.59. The molecule has 0 aromatic carbocycles. The summed E-state index contributed by atoms with van der Waals surface area (Å²) in [7, 11) is 0. The van der Waals surface area contributed by atoms with Gasteiger partial charge in [-0.15, -0.1) is 0 Å². The molecule has 2 saturated carbocycles. The molecule has 0 spiro atoms. The quantitative estimate of drug-likeness (QED) is 0.749.